The van der Waals surface area contributed by atoms with Crippen LogP contribution < -0.4 is 0 Å². The number of amides is 3. The Balaban J connectivity index is 1.08. The van der Waals surface area contributed by atoms with E-state index in [1.807, 2.05) is 66.7 Å². The summed E-state index contributed by atoms with van der Waals surface area (Å²) >= 11 is 0. The van der Waals surface area contributed by atoms with Crippen LogP contribution in [0.2, 0.25) is 0 Å². The summed E-state index contributed by atoms with van der Waals surface area (Å²) in [7, 11) is 0. The fourth-order valence-corrected chi connectivity index (χ4v) is 6.32. The molecule has 2 aliphatic heterocycles. The van der Waals surface area contributed by atoms with Crippen molar-refractivity contribution in [1.29, 1.82) is 0 Å². The number of nitrogens with one attached hydrogen (secondary N) is 2. The smallest absolute Gasteiger partial charge is 0.410 e. The lowest BCUT2D eigenvalue weighted by Crippen LogP contribution is -2.52. The van der Waals surface area contributed by atoms with Crippen molar-refractivity contribution in [3.8, 4) is 11.8 Å². The van der Waals surface area contributed by atoms with Crippen molar-refractivity contribution < 1.29 is 29.3 Å². The number of aromatic nitrogens is 4. The molecular weight excluding hydrogens is 614 g/mol. The minimum atomic E-state index is -1.13. The number of ether oxygens (including phenoxy) is 1. The minimum Gasteiger partial charge on any atom is -0.465 e. The average Bonchev–Trinajstić information content (AvgIpc) is 3.74. The summed E-state index contributed by atoms with van der Waals surface area (Å²) in [6.07, 6.45) is 0.108. The average molecular weight is 648 g/mol. The molecule has 4 heterocycles. The number of piperazine rings is 1. The fraction of sp³-hybridized carbons (Fsp3) is 0.286. The van der Waals surface area contributed by atoms with Gasteiger partial charge >= 0.3 is 18.3 Å². The van der Waals surface area contributed by atoms with E-state index in [2.05, 4.69) is 26.8 Å². The van der Waals surface area contributed by atoms with Crippen LogP contribution in [0.1, 0.15) is 59.7 Å². The number of carboxylic acid groups (broad SMARTS) is 2. The molecule has 3 amide bonds. The van der Waals surface area contributed by atoms with Crippen molar-refractivity contribution in [1.82, 2.24) is 34.6 Å². The highest BCUT2D eigenvalue weighted by Gasteiger charge is 2.35. The number of piperidine rings is 1. The zero-order valence-corrected chi connectivity index (χ0v) is 25.9. The number of nitrogens with zero attached hydrogens (tertiary/aromatic N) is 5. The maximum Gasteiger partial charge on any atom is 0.410 e. The first-order valence-electron chi connectivity index (χ1n) is 15.8. The fourth-order valence-electron chi connectivity index (χ4n) is 6.32. The van der Waals surface area contributed by atoms with Gasteiger partial charge in [0.05, 0.1) is 34.7 Å². The summed E-state index contributed by atoms with van der Waals surface area (Å²) in [4.78, 5) is 56.7. The Kier molecular flexibility index (Phi) is 8.29. The molecule has 0 radical (unpaired) electrons. The lowest BCUT2D eigenvalue weighted by molar-refractivity contribution is 0.0612. The zero-order valence-electron chi connectivity index (χ0n) is 25.9. The van der Waals surface area contributed by atoms with Gasteiger partial charge in [0, 0.05) is 30.8 Å². The van der Waals surface area contributed by atoms with Crippen LogP contribution in [0.4, 0.5) is 14.4 Å². The van der Waals surface area contributed by atoms with Gasteiger partial charge in [-0.2, -0.15) is 0 Å². The summed E-state index contributed by atoms with van der Waals surface area (Å²) in [6, 6.07) is 19.9. The molecule has 4 N–H and O–H groups in total. The first-order valence-corrected chi connectivity index (χ1v) is 15.8. The Bertz CT molecular complexity index is 2060. The predicted octanol–water partition coefficient (Wildman–Crippen LogP) is 5.72. The zero-order chi connectivity index (χ0) is 33.2. The highest BCUT2D eigenvalue weighted by atomic mass is 16.6. The van der Waals surface area contributed by atoms with Gasteiger partial charge < -0.3 is 29.8 Å². The Labute approximate surface area is 275 Å². The van der Waals surface area contributed by atoms with Crippen LogP contribution in [0.3, 0.4) is 0 Å². The van der Waals surface area contributed by atoms with Crippen LogP contribution in [-0.2, 0) is 11.3 Å². The molecule has 5 aromatic rings. The molecule has 2 fully saturated rings. The van der Waals surface area contributed by atoms with E-state index in [0.29, 0.717) is 29.0 Å². The second-order valence-electron chi connectivity index (χ2n) is 11.9. The molecule has 2 aliphatic rings. The Morgan fingerprint density at radius 3 is 2.04 bits per heavy atom. The second-order valence-corrected chi connectivity index (χ2v) is 11.9. The summed E-state index contributed by atoms with van der Waals surface area (Å²) in [5.74, 6) is 7.46. The number of H-pyrrole nitrogens is 2. The molecule has 13 nitrogen and oxygen atoms in total. The lowest BCUT2D eigenvalue weighted by atomic mass is 10.0. The van der Waals surface area contributed by atoms with Gasteiger partial charge in [-0.25, -0.2) is 24.4 Å². The number of carbonyl (C=O) groups is 3. The van der Waals surface area contributed by atoms with E-state index in [-0.39, 0.29) is 38.4 Å². The van der Waals surface area contributed by atoms with E-state index in [0.717, 1.165) is 47.2 Å². The molecule has 2 atom stereocenters. The number of hydrogen-bond acceptors (Lipinski definition) is 6. The maximum atomic E-state index is 13.1. The van der Waals surface area contributed by atoms with Crippen molar-refractivity contribution in [2.24, 2.45) is 0 Å². The lowest BCUT2D eigenvalue weighted by Gasteiger charge is -2.37. The third-order valence-corrected chi connectivity index (χ3v) is 8.82. The molecular formula is C35H33N7O6. The summed E-state index contributed by atoms with van der Waals surface area (Å²) in [5.41, 5.74) is 5.30. The number of rotatable bonds is 4. The molecule has 0 bridgehead atoms. The number of imidazole rings is 2. The number of carbonyl (C=O) groups excluding carboxylic acids is 1. The van der Waals surface area contributed by atoms with Gasteiger partial charge in [-0.3, -0.25) is 9.80 Å². The van der Waals surface area contributed by atoms with Gasteiger partial charge in [-0.05, 0) is 61.2 Å². The van der Waals surface area contributed by atoms with Gasteiger partial charge in [-0.15, -0.1) is 0 Å². The molecule has 48 heavy (non-hydrogen) atoms. The monoisotopic (exact) mass is 647 g/mol. The highest BCUT2D eigenvalue weighted by Crippen LogP contribution is 2.32. The molecule has 7 rings (SSSR count). The number of benzene rings is 3. The van der Waals surface area contributed by atoms with Gasteiger partial charge in [0.25, 0.3) is 0 Å². The van der Waals surface area contributed by atoms with Crippen molar-refractivity contribution in [3.63, 3.8) is 0 Å². The summed E-state index contributed by atoms with van der Waals surface area (Å²) in [6.45, 7) is 0.971. The topological polar surface area (TPSA) is 168 Å². The molecule has 0 unspecified atom stereocenters. The molecule has 0 aliphatic carbocycles. The quantitative estimate of drug-likeness (QED) is 0.180. The largest absolute Gasteiger partial charge is 0.465 e. The molecule has 3 aromatic carbocycles. The normalized spacial score (nSPS) is 18.0. The first-order chi connectivity index (χ1) is 23.3. The van der Waals surface area contributed by atoms with E-state index in [1.54, 1.807) is 4.90 Å². The van der Waals surface area contributed by atoms with Crippen LogP contribution >= 0.6 is 0 Å². The van der Waals surface area contributed by atoms with Gasteiger partial charge in [0.1, 0.15) is 24.3 Å². The molecule has 244 valence electrons. The maximum absolute atomic E-state index is 13.1. The SMILES string of the molecule is O=C(O)N1CCN(C(=O)O)[C@H](c2nc3cc(C#Cc4ccc5[nH]c([C@@H]6CCCCN6C(=O)OCc6ccccc6)nc5c4)ccc3[nH]2)C1. The summed E-state index contributed by atoms with van der Waals surface area (Å²) < 4.78 is 5.64. The van der Waals surface area contributed by atoms with Crippen LogP contribution in [0.25, 0.3) is 22.1 Å². The molecule has 13 heteroatoms. The van der Waals surface area contributed by atoms with Crippen molar-refractivity contribution >= 4 is 40.3 Å². The molecule has 0 saturated carbocycles. The van der Waals surface area contributed by atoms with Crippen molar-refractivity contribution in [2.75, 3.05) is 26.2 Å². The molecule has 2 saturated heterocycles. The van der Waals surface area contributed by atoms with Crippen LogP contribution in [0.5, 0.6) is 0 Å². The number of fused-ring (bicyclic) bond motifs is 2. The third-order valence-electron chi connectivity index (χ3n) is 8.82. The van der Waals surface area contributed by atoms with E-state index >= 15 is 0 Å². The standard InChI is InChI=1S/C35H33N7O6/c43-33(44)40-16-17-41(34(45)46)30(20-40)32-37-26-14-12-23(19-28(26)39-32)10-9-22-11-13-25-27(18-22)38-31(36-25)29-8-4-5-15-42(29)35(47)48-21-24-6-2-1-3-7-24/h1-3,6-7,11-14,18-19,29-30H,4-5,8,15-17,20-21H2,(H,36,38)(H,37,39)(H,43,44)(H,45,46)/t29-,30-/m0/s1. The Hall–Kier alpha value is -6.03. The van der Waals surface area contributed by atoms with E-state index in [9.17, 15) is 24.6 Å². The third kappa shape index (κ3) is 6.32. The van der Waals surface area contributed by atoms with E-state index in [4.69, 9.17) is 9.72 Å². The van der Waals surface area contributed by atoms with Crippen molar-refractivity contribution in [3.05, 3.63) is 95.1 Å². The van der Waals surface area contributed by atoms with Crippen LogP contribution in [-0.4, -0.2) is 89.3 Å². The van der Waals surface area contributed by atoms with E-state index in [1.165, 1.54) is 9.80 Å². The molecule has 0 spiro atoms. The highest BCUT2D eigenvalue weighted by molar-refractivity contribution is 5.79. The van der Waals surface area contributed by atoms with Gasteiger partial charge in [-0.1, -0.05) is 42.2 Å². The van der Waals surface area contributed by atoms with Crippen LogP contribution in [0.15, 0.2) is 66.7 Å². The Morgan fingerprint density at radius 2 is 1.42 bits per heavy atom. The van der Waals surface area contributed by atoms with Crippen LogP contribution in [0, 0.1) is 11.8 Å². The second kappa shape index (κ2) is 13.0. The Morgan fingerprint density at radius 1 is 0.771 bits per heavy atom. The summed E-state index contributed by atoms with van der Waals surface area (Å²) in [5, 5.41) is 19.1. The van der Waals surface area contributed by atoms with Crippen molar-refractivity contribution in [2.45, 2.75) is 38.0 Å². The van der Waals surface area contributed by atoms with Gasteiger partial charge in [0.2, 0.25) is 0 Å². The number of hydrogen-bond donors (Lipinski definition) is 4. The number of aromatic amines is 2. The number of likely N-dealkylation sites (tertiary alicyclic amines) is 1. The van der Waals surface area contributed by atoms with E-state index < -0.39 is 18.2 Å². The molecule has 2 aromatic heterocycles. The minimum absolute atomic E-state index is 0.0113. The predicted molar refractivity (Wildman–Crippen MR) is 175 cm³/mol. The first kappa shape index (κ1) is 30.6. The van der Waals surface area contributed by atoms with Gasteiger partial charge in [0.15, 0.2) is 0 Å².